The molecule has 0 saturated heterocycles. The molecule has 1 amide bonds. The van der Waals surface area contributed by atoms with Gasteiger partial charge in [0.05, 0.1) is 4.88 Å². The average Bonchev–Trinajstić information content (AvgIpc) is 3.07. The molecule has 1 heterocycles. The molecular formula is C20H15F2NOS. The number of carbonyl (C=O) groups is 1. The highest BCUT2D eigenvalue weighted by molar-refractivity contribution is 7.17. The topological polar surface area (TPSA) is 20.3 Å². The number of rotatable bonds is 2. The number of nitrogens with zero attached hydrogens (tertiary/aromatic N) is 1. The Bertz CT molecular complexity index is 980. The van der Waals surface area contributed by atoms with Gasteiger partial charge in [-0.25, -0.2) is 8.78 Å². The molecule has 0 bridgehead atoms. The highest BCUT2D eigenvalue weighted by atomic mass is 32.1. The third kappa shape index (κ3) is 2.74. The van der Waals surface area contributed by atoms with Gasteiger partial charge < -0.3 is 4.90 Å². The van der Waals surface area contributed by atoms with Gasteiger partial charge in [-0.1, -0.05) is 24.3 Å². The van der Waals surface area contributed by atoms with Crippen LogP contribution in [0.3, 0.4) is 0 Å². The van der Waals surface area contributed by atoms with Gasteiger partial charge in [-0.2, -0.15) is 0 Å². The van der Waals surface area contributed by atoms with Crippen LogP contribution < -0.4 is 4.90 Å². The van der Waals surface area contributed by atoms with Crippen LogP contribution in [0.2, 0.25) is 0 Å². The first-order chi connectivity index (χ1) is 12.0. The normalized spacial score (nSPS) is 12.4. The van der Waals surface area contributed by atoms with Crippen molar-refractivity contribution in [2.45, 2.75) is 12.8 Å². The summed E-state index contributed by atoms with van der Waals surface area (Å²) < 4.78 is 26.6. The summed E-state index contributed by atoms with van der Waals surface area (Å²) in [5.74, 6) is -2.10. The summed E-state index contributed by atoms with van der Waals surface area (Å²) in [4.78, 5) is 15.9. The molecule has 0 fully saturated rings. The van der Waals surface area contributed by atoms with Gasteiger partial charge in [0, 0.05) is 23.7 Å². The summed E-state index contributed by atoms with van der Waals surface area (Å²) in [6.07, 6.45) is 1.87. The van der Waals surface area contributed by atoms with Gasteiger partial charge in [0.2, 0.25) is 0 Å². The molecule has 0 N–H and O–H groups in total. The van der Waals surface area contributed by atoms with Crippen LogP contribution in [0.1, 0.15) is 20.8 Å². The van der Waals surface area contributed by atoms with Gasteiger partial charge in [-0.15, -0.1) is 11.3 Å². The van der Waals surface area contributed by atoms with Crippen LogP contribution in [0.15, 0.2) is 48.5 Å². The number of benzene rings is 2. The Hall–Kier alpha value is -2.53. The molecule has 4 rings (SSSR count). The maximum Gasteiger partial charge on any atom is 0.268 e. The van der Waals surface area contributed by atoms with Crippen LogP contribution in [0, 0.1) is 11.6 Å². The molecule has 1 aromatic heterocycles. The second-order valence-corrected chi connectivity index (χ2v) is 7.14. The molecule has 126 valence electrons. The molecule has 0 spiro atoms. The van der Waals surface area contributed by atoms with Gasteiger partial charge >= 0.3 is 0 Å². The molecule has 0 unspecified atom stereocenters. The molecule has 25 heavy (non-hydrogen) atoms. The van der Waals surface area contributed by atoms with Gasteiger partial charge in [-0.3, -0.25) is 4.79 Å². The zero-order valence-electron chi connectivity index (χ0n) is 13.6. The lowest BCUT2D eigenvalue weighted by Gasteiger charge is -2.16. The lowest BCUT2D eigenvalue weighted by Crippen LogP contribution is -2.25. The standard InChI is InChI=1S/C20H15F2NOS/c1-23(14-8-9-16(21)17(22)11-14)20(24)18-10-13-7-6-12-4-2-3-5-15(12)19(13)25-18/h2-5,8-11H,6-7H2,1H3. The average molecular weight is 355 g/mol. The van der Waals surface area contributed by atoms with Gasteiger partial charge in [0.15, 0.2) is 11.6 Å². The van der Waals surface area contributed by atoms with E-state index in [1.807, 2.05) is 18.2 Å². The minimum atomic E-state index is -0.962. The van der Waals surface area contributed by atoms with Crippen molar-refractivity contribution >= 4 is 22.9 Å². The van der Waals surface area contributed by atoms with E-state index in [9.17, 15) is 13.6 Å². The van der Waals surface area contributed by atoms with Gasteiger partial charge in [0.25, 0.3) is 5.91 Å². The Balaban J connectivity index is 1.68. The maximum absolute atomic E-state index is 13.4. The number of hydrogen-bond acceptors (Lipinski definition) is 2. The monoisotopic (exact) mass is 355 g/mol. The highest BCUT2D eigenvalue weighted by Gasteiger charge is 2.23. The van der Waals surface area contributed by atoms with Crippen LogP contribution in [0.25, 0.3) is 10.4 Å². The number of hydrogen-bond donors (Lipinski definition) is 0. The zero-order chi connectivity index (χ0) is 17.6. The molecule has 0 aliphatic heterocycles. The van der Waals surface area contributed by atoms with E-state index in [2.05, 4.69) is 12.1 Å². The minimum absolute atomic E-state index is 0.220. The molecular weight excluding hydrogens is 340 g/mol. The van der Waals surface area contributed by atoms with Crippen molar-refractivity contribution in [2.24, 2.45) is 0 Å². The van der Waals surface area contributed by atoms with E-state index in [0.29, 0.717) is 10.6 Å². The van der Waals surface area contributed by atoms with E-state index in [0.717, 1.165) is 29.9 Å². The fourth-order valence-corrected chi connectivity index (χ4v) is 4.40. The summed E-state index contributed by atoms with van der Waals surface area (Å²) >= 11 is 1.46. The quantitative estimate of drug-likeness (QED) is 0.629. The van der Waals surface area contributed by atoms with Crippen molar-refractivity contribution in [1.29, 1.82) is 0 Å². The van der Waals surface area contributed by atoms with E-state index in [4.69, 9.17) is 0 Å². The third-order valence-corrected chi connectivity index (χ3v) is 5.74. The number of carbonyl (C=O) groups excluding carboxylic acids is 1. The van der Waals surface area contributed by atoms with Crippen molar-refractivity contribution in [2.75, 3.05) is 11.9 Å². The number of thiophene rings is 1. The van der Waals surface area contributed by atoms with Crippen LogP contribution in [-0.4, -0.2) is 13.0 Å². The summed E-state index contributed by atoms with van der Waals surface area (Å²) in [7, 11) is 1.57. The first-order valence-corrected chi connectivity index (χ1v) is 8.80. The molecule has 0 saturated carbocycles. The third-order valence-electron chi connectivity index (χ3n) is 4.54. The van der Waals surface area contributed by atoms with Crippen LogP contribution in [-0.2, 0) is 12.8 Å². The Morgan fingerprint density at radius 2 is 1.76 bits per heavy atom. The molecule has 0 radical (unpaired) electrons. The number of aryl methyl sites for hydroxylation is 2. The zero-order valence-corrected chi connectivity index (χ0v) is 14.4. The Kier molecular flexibility index (Phi) is 3.88. The number of fused-ring (bicyclic) bond motifs is 3. The van der Waals surface area contributed by atoms with E-state index in [-0.39, 0.29) is 5.91 Å². The lowest BCUT2D eigenvalue weighted by molar-refractivity contribution is 0.0996. The van der Waals surface area contributed by atoms with E-state index < -0.39 is 11.6 Å². The summed E-state index contributed by atoms with van der Waals surface area (Å²) in [6, 6.07) is 13.6. The SMILES string of the molecule is CN(C(=O)c1cc2c(s1)-c1ccccc1CC2)c1ccc(F)c(F)c1. The molecule has 2 aromatic carbocycles. The largest absolute Gasteiger partial charge is 0.311 e. The first-order valence-electron chi connectivity index (χ1n) is 7.98. The second-order valence-electron chi connectivity index (χ2n) is 6.08. The molecule has 5 heteroatoms. The van der Waals surface area contributed by atoms with Gasteiger partial charge in [0.1, 0.15) is 0 Å². The predicted molar refractivity (Wildman–Crippen MR) is 96.3 cm³/mol. The summed E-state index contributed by atoms with van der Waals surface area (Å²) in [5, 5.41) is 0. The van der Waals surface area contributed by atoms with Crippen LogP contribution in [0.4, 0.5) is 14.5 Å². The van der Waals surface area contributed by atoms with E-state index in [1.54, 1.807) is 7.05 Å². The van der Waals surface area contributed by atoms with Gasteiger partial charge in [-0.05, 0) is 47.7 Å². The van der Waals surface area contributed by atoms with Crippen molar-refractivity contribution in [1.82, 2.24) is 0 Å². The first kappa shape index (κ1) is 16.0. The van der Waals surface area contributed by atoms with Crippen molar-refractivity contribution in [3.8, 4) is 10.4 Å². The van der Waals surface area contributed by atoms with Crippen LogP contribution in [0.5, 0.6) is 0 Å². The van der Waals surface area contributed by atoms with E-state index >= 15 is 0 Å². The van der Waals surface area contributed by atoms with Crippen molar-refractivity contribution in [3.63, 3.8) is 0 Å². The molecule has 3 aromatic rings. The maximum atomic E-state index is 13.4. The Morgan fingerprint density at radius 3 is 2.56 bits per heavy atom. The number of halogens is 2. The minimum Gasteiger partial charge on any atom is -0.311 e. The fourth-order valence-electron chi connectivity index (χ4n) is 3.15. The molecule has 0 atom stereocenters. The fraction of sp³-hybridized carbons (Fsp3) is 0.150. The Labute approximate surface area is 148 Å². The van der Waals surface area contributed by atoms with Crippen LogP contribution >= 0.6 is 11.3 Å². The van der Waals surface area contributed by atoms with Crippen molar-refractivity contribution in [3.05, 3.63) is 76.2 Å². The predicted octanol–water partition coefficient (Wildman–Crippen LogP) is 5.07. The lowest BCUT2D eigenvalue weighted by atomic mass is 9.91. The summed E-state index contributed by atoms with van der Waals surface area (Å²) in [6.45, 7) is 0. The molecule has 1 aliphatic rings. The molecule has 2 nitrogen and oxygen atoms in total. The molecule has 1 aliphatic carbocycles. The number of anilines is 1. The smallest absolute Gasteiger partial charge is 0.268 e. The van der Waals surface area contributed by atoms with Crippen molar-refractivity contribution < 1.29 is 13.6 Å². The summed E-state index contributed by atoms with van der Waals surface area (Å²) in [5.41, 5.74) is 3.98. The second kappa shape index (κ2) is 6.08. The van der Waals surface area contributed by atoms with E-state index in [1.165, 1.54) is 39.0 Å². The highest BCUT2D eigenvalue weighted by Crippen LogP contribution is 2.40. The Morgan fingerprint density at radius 1 is 1.00 bits per heavy atom. The number of amides is 1.